The topological polar surface area (TPSA) is 184 Å². The Kier molecular flexibility index (Phi) is 10.0. The van der Waals surface area contributed by atoms with Crippen molar-refractivity contribution < 1.29 is 24.3 Å². The Bertz CT molecular complexity index is 1700. The van der Waals surface area contributed by atoms with Gasteiger partial charge in [-0.05, 0) is 61.1 Å². The van der Waals surface area contributed by atoms with E-state index in [1.165, 1.54) is 17.0 Å². The number of para-hydroxylation sites is 1. The Hall–Kier alpha value is -5.16. The number of phenols is 1. The van der Waals surface area contributed by atoms with Gasteiger partial charge in [-0.25, -0.2) is 0 Å². The van der Waals surface area contributed by atoms with E-state index in [1.807, 2.05) is 61.5 Å². The van der Waals surface area contributed by atoms with E-state index in [0.717, 1.165) is 33.3 Å². The van der Waals surface area contributed by atoms with E-state index in [1.54, 1.807) is 12.1 Å². The van der Waals surface area contributed by atoms with Crippen molar-refractivity contribution in [1.82, 2.24) is 20.5 Å². The summed E-state index contributed by atoms with van der Waals surface area (Å²) < 4.78 is 0. The van der Waals surface area contributed by atoms with Gasteiger partial charge in [0.2, 0.25) is 23.6 Å². The number of rotatable bonds is 12. The number of carbonyl (C=O) groups is 4. The Morgan fingerprint density at radius 2 is 1.57 bits per heavy atom. The molecular formula is C35H40N6O5. The molecule has 11 nitrogen and oxygen atoms in total. The van der Waals surface area contributed by atoms with Crippen LogP contribution in [0.15, 0.2) is 78.9 Å². The van der Waals surface area contributed by atoms with Crippen molar-refractivity contribution in [3.63, 3.8) is 0 Å². The van der Waals surface area contributed by atoms with Crippen molar-refractivity contribution >= 4 is 34.5 Å². The van der Waals surface area contributed by atoms with Gasteiger partial charge in [-0.3, -0.25) is 19.2 Å². The fraction of sp³-hybridized carbons (Fsp3) is 0.314. The first kappa shape index (κ1) is 32.2. The zero-order valence-electron chi connectivity index (χ0n) is 25.7. The fourth-order valence-corrected chi connectivity index (χ4v) is 6.11. The molecule has 1 saturated heterocycles. The molecule has 0 aliphatic carbocycles. The van der Waals surface area contributed by atoms with Gasteiger partial charge in [0.05, 0.1) is 6.04 Å². The van der Waals surface area contributed by atoms with Gasteiger partial charge in [-0.2, -0.15) is 0 Å². The Balaban J connectivity index is 1.35. The Morgan fingerprint density at radius 3 is 2.28 bits per heavy atom. The molecule has 0 spiro atoms. The maximum absolute atomic E-state index is 13.9. The summed E-state index contributed by atoms with van der Waals surface area (Å²) >= 11 is 0. The van der Waals surface area contributed by atoms with Gasteiger partial charge < -0.3 is 37.1 Å². The number of likely N-dealkylation sites (tertiary alicyclic amines) is 1. The van der Waals surface area contributed by atoms with Crippen LogP contribution in [0.1, 0.15) is 35.2 Å². The number of carbonyl (C=O) groups excluding carboxylic acids is 4. The molecule has 2 heterocycles. The number of primary amides is 1. The first-order valence-electron chi connectivity index (χ1n) is 15.4. The molecule has 11 heteroatoms. The highest BCUT2D eigenvalue weighted by atomic mass is 16.3. The zero-order chi connectivity index (χ0) is 32.8. The smallest absolute Gasteiger partial charge is 0.243 e. The van der Waals surface area contributed by atoms with Gasteiger partial charge >= 0.3 is 0 Å². The minimum Gasteiger partial charge on any atom is -0.508 e. The predicted octanol–water partition coefficient (Wildman–Crippen LogP) is 1.98. The molecule has 1 fully saturated rings. The summed E-state index contributed by atoms with van der Waals surface area (Å²) in [6.45, 7) is 2.26. The maximum atomic E-state index is 13.9. The van der Waals surface area contributed by atoms with E-state index < -0.39 is 41.9 Å². The predicted molar refractivity (Wildman–Crippen MR) is 174 cm³/mol. The second-order valence-electron chi connectivity index (χ2n) is 11.9. The van der Waals surface area contributed by atoms with E-state index >= 15 is 0 Å². The highest BCUT2D eigenvalue weighted by Gasteiger charge is 2.38. The monoisotopic (exact) mass is 624 g/mol. The standard InChI is InChI=1S/C35H40N6O5/c1-21-26(25-10-5-6-11-28(25)38-21)20-30(33(44)39-29(32(37)43)19-22-8-3-2-4-9-22)40-34(45)31-12-7-17-41(31)35(46)27(36)18-23-13-15-24(42)16-14-23/h2-6,8-11,13-16,27,29-31,38,42H,7,12,17-20,36H2,1H3,(H2,37,43)(H,39,44)(H,40,45)/t27-,29-,30-,31-/m0/s1. The van der Waals surface area contributed by atoms with Crippen molar-refractivity contribution in [2.75, 3.05) is 6.54 Å². The van der Waals surface area contributed by atoms with Crippen LogP contribution < -0.4 is 22.1 Å². The number of aryl methyl sites for hydroxylation is 1. The normalized spacial score (nSPS) is 16.5. The van der Waals surface area contributed by atoms with Crippen LogP contribution in [0.5, 0.6) is 5.75 Å². The lowest BCUT2D eigenvalue weighted by molar-refractivity contribution is -0.140. The molecule has 46 heavy (non-hydrogen) atoms. The molecule has 0 radical (unpaired) electrons. The highest BCUT2D eigenvalue weighted by molar-refractivity contribution is 5.96. The van der Waals surface area contributed by atoms with Crippen LogP contribution in [0.2, 0.25) is 0 Å². The van der Waals surface area contributed by atoms with Gasteiger partial charge in [-0.1, -0.05) is 60.7 Å². The molecule has 4 atom stereocenters. The van der Waals surface area contributed by atoms with E-state index in [-0.39, 0.29) is 30.9 Å². The van der Waals surface area contributed by atoms with Crippen LogP contribution in [0.4, 0.5) is 0 Å². The van der Waals surface area contributed by atoms with Crippen LogP contribution in [-0.2, 0) is 38.4 Å². The van der Waals surface area contributed by atoms with Gasteiger partial charge in [-0.15, -0.1) is 0 Å². The van der Waals surface area contributed by atoms with Gasteiger partial charge in [0.1, 0.15) is 23.9 Å². The molecule has 3 aromatic carbocycles. The second-order valence-corrected chi connectivity index (χ2v) is 11.9. The van der Waals surface area contributed by atoms with Crippen molar-refractivity contribution in [1.29, 1.82) is 0 Å². The van der Waals surface area contributed by atoms with Gasteiger partial charge in [0, 0.05) is 36.0 Å². The van der Waals surface area contributed by atoms with Gasteiger partial charge in [0.25, 0.3) is 0 Å². The molecule has 0 bridgehead atoms. The number of H-pyrrole nitrogens is 1. The Morgan fingerprint density at radius 1 is 0.891 bits per heavy atom. The minimum atomic E-state index is -1.06. The first-order chi connectivity index (χ1) is 22.1. The van der Waals surface area contributed by atoms with Crippen molar-refractivity contribution in [2.45, 2.75) is 63.2 Å². The number of fused-ring (bicyclic) bond motifs is 1. The number of hydrogen-bond acceptors (Lipinski definition) is 6. The number of phenolic OH excluding ortho intramolecular Hbond substituents is 1. The molecule has 4 aromatic rings. The number of benzene rings is 3. The molecule has 0 saturated carbocycles. The fourth-order valence-electron chi connectivity index (χ4n) is 6.11. The third-order valence-electron chi connectivity index (χ3n) is 8.56. The number of hydrogen-bond donors (Lipinski definition) is 6. The third-order valence-corrected chi connectivity index (χ3v) is 8.56. The van der Waals surface area contributed by atoms with Crippen molar-refractivity contribution in [3.05, 3.63) is 101 Å². The zero-order valence-corrected chi connectivity index (χ0v) is 25.7. The van der Waals surface area contributed by atoms with Crippen LogP contribution in [0.3, 0.4) is 0 Å². The molecule has 1 aliphatic rings. The summed E-state index contributed by atoms with van der Waals surface area (Å²) in [5.74, 6) is -1.98. The molecule has 4 amide bonds. The summed E-state index contributed by atoms with van der Waals surface area (Å²) in [6.07, 6.45) is 1.60. The Labute approximate surface area is 267 Å². The number of aromatic hydroxyl groups is 1. The lowest BCUT2D eigenvalue weighted by atomic mass is 10.00. The van der Waals surface area contributed by atoms with E-state index in [2.05, 4.69) is 15.6 Å². The molecule has 8 N–H and O–H groups in total. The minimum absolute atomic E-state index is 0.114. The molecule has 5 rings (SSSR count). The van der Waals surface area contributed by atoms with Crippen molar-refractivity contribution in [3.8, 4) is 5.75 Å². The highest BCUT2D eigenvalue weighted by Crippen LogP contribution is 2.24. The molecule has 1 aliphatic heterocycles. The van der Waals surface area contributed by atoms with E-state index in [4.69, 9.17) is 11.5 Å². The number of amides is 4. The number of aromatic nitrogens is 1. The van der Waals surface area contributed by atoms with Crippen molar-refractivity contribution in [2.24, 2.45) is 11.5 Å². The van der Waals surface area contributed by atoms with Crippen LogP contribution in [-0.4, -0.2) is 69.3 Å². The molecule has 0 unspecified atom stereocenters. The average Bonchev–Trinajstić information content (AvgIpc) is 3.66. The number of nitrogens with two attached hydrogens (primary N) is 2. The quantitative estimate of drug-likeness (QED) is 0.140. The first-order valence-corrected chi connectivity index (χ1v) is 15.4. The van der Waals surface area contributed by atoms with Crippen LogP contribution in [0, 0.1) is 6.92 Å². The average molecular weight is 625 g/mol. The SMILES string of the molecule is Cc1[nH]c2ccccc2c1C[C@H](NC(=O)[C@@H]1CCCN1C(=O)[C@@H](N)Cc1ccc(O)cc1)C(=O)N[C@@H](Cc1ccccc1)C(N)=O. The summed E-state index contributed by atoms with van der Waals surface area (Å²) in [7, 11) is 0. The number of nitrogens with zero attached hydrogens (tertiary/aromatic N) is 1. The lowest BCUT2D eigenvalue weighted by Crippen LogP contribution is -2.58. The third kappa shape index (κ3) is 7.55. The summed E-state index contributed by atoms with van der Waals surface area (Å²) in [4.78, 5) is 58.3. The van der Waals surface area contributed by atoms with E-state index in [9.17, 15) is 24.3 Å². The maximum Gasteiger partial charge on any atom is 0.243 e. The largest absolute Gasteiger partial charge is 0.508 e. The molecule has 240 valence electrons. The lowest BCUT2D eigenvalue weighted by Gasteiger charge is -2.29. The molecule has 1 aromatic heterocycles. The second kappa shape index (κ2) is 14.3. The van der Waals surface area contributed by atoms with Crippen LogP contribution in [0.25, 0.3) is 10.9 Å². The van der Waals surface area contributed by atoms with Gasteiger partial charge in [0.15, 0.2) is 0 Å². The van der Waals surface area contributed by atoms with E-state index in [0.29, 0.717) is 19.4 Å². The number of aromatic amines is 1. The summed E-state index contributed by atoms with van der Waals surface area (Å²) in [5.41, 5.74) is 16.2. The summed E-state index contributed by atoms with van der Waals surface area (Å²) in [6, 6.07) is 19.6. The molecular weight excluding hydrogens is 584 g/mol. The summed E-state index contributed by atoms with van der Waals surface area (Å²) in [5, 5.41) is 16.1. The van der Waals surface area contributed by atoms with Crippen LogP contribution >= 0.6 is 0 Å². The number of nitrogens with one attached hydrogen (secondary N) is 3.